The number of benzene rings is 1. The van der Waals surface area contributed by atoms with Gasteiger partial charge in [-0.1, -0.05) is 0 Å². The fourth-order valence-electron chi connectivity index (χ4n) is 1.36. The van der Waals surface area contributed by atoms with Gasteiger partial charge in [0.2, 0.25) is 0 Å². The van der Waals surface area contributed by atoms with Gasteiger partial charge >= 0.3 is 0 Å². The van der Waals surface area contributed by atoms with E-state index >= 15 is 0 Å². The third-order valence-corrected chi connectivity index (χ3v) is 3.85. The van der Waals surface area contributed by atoms with Crippen molar-refractivity contribution in [2.75, 3.05) is 6.26 Å². The van der Waals surface area contributed by atoms with E-state index < -0.39 is 0 Å². The van der Waals surface area contributed by atoms with Crippen LogP contribution in [0.1, 0.15) is 5.56 Å². The van der Waals surface area contributed by atoms with E-state index in [4.69, 9.17) is 5.11 Å². The fraction of sp³-hybridized carbons (Fsp3) is 0.200. The average Bonchev–Trinajstić information content (AvgIpc) is 2.61. The lowest BCUT2D eigenvalue weighted by Gasteiger charge is -1.99. The number of hydrogen-bond acceptors (Lipinski definition) is 3. The molecular formula is C10H9FOS2. The summed E-state index contributed by atoms with van der Waals surface area (Å²) in [6.45, 7) is -0.0305. The topological polar surface area (TPSA) is 20.2 Å². The molecular weight excluding hydrogens is 219 g/mol. The highest BCUT2D eigenvalue weighted by Crippen LogP contribution is 2.32. The summed E-state index contributed by atoms with van der Waals surface area (Å²) in [5.41, 5.74) is 0.805. The Morgan fingerprint density at radius 3 is 2.93 bits per heavy atom. The van der Waals surface area contributed by atoms with Crippen LogP contribution in [0.4, 0.5) is 4.39 Å². The van der Waals surface area contributed by atoms with Crippen molar-refractivity contribution >= 4 is 33.2 Å². The number of halogens is 1. The van der Waals surface area contributed by atoms with Gasteiger partial charge in [-0.3, -0.25) is 0 Å². The van der Waals surface area contributed by atoms with E-state index in [1.807, 2.05) is 12.3 Å². The molecule has 1 nitrogen and oxygen atoms in total. The number of aliphatic hydroxyl groups excluding tert-OH is 1. The Balaban J connectivity index is 2.73. The normalized spacial score (nSPS) is 11.1. The summed E-state index contributed by atoms with van der Waals surface area (Å²) < 4.78 is 14.1. The summed E-state index contributed by atoms with van der Waals surface area (Å²) in [4.78, 5) is 0.892. The van der Waals surface area contributed by atoms with Crippen LogP contribution in [0.3, 0.4) is 0 Å². The molecule has 0 bridgehead atoms. The van der Waals surface area contributed by atoms with E-state index in [1.165, 1.54) is 29.2 Å². The van der Waals surface area contributed by atoms with Crippen molar-refractivity contribution in [2.24, 2.45) is 0 Å². The van der Waals surface area contributed by atoms with E-state index in [9.17, 15) is 4.39 Å². The van der Waals surface area contributed by atoms with Gasteiger partial charge in [-0.25, -0.2) is 4.39 Å². The predicted octanol–water partition coefficient (Wildman–Crippen LogP) is 3.25. The van der Waals surface area contributed by atoms with Gasteiger partial charge in [0, 0.05) is 10.3 Å². The van der Waals surface area contributed by atoms with E-state index in [0.29, 0.717) is 4.70 Å². The van der Waals surface area contributed by atoms with Crippen LogP contribution < -0.4 is 0 Å². The highest BCUT2D eigenvalue weighted by molar-refractivity contribution is 7.98. The molecule has 1 aromatic heterocycles. The zero-order chi connectivity index (χ0) is 10.1. The molecule has 0 aliphatic rings. The van der Waals surface area contributed by atoms with E-state index in [2.05, 4.69) is 0 Å². The van der Waals surface area contributed by atoms with Crippen LogP contribution >= 0.6 is 23.1 Å². The van der Waals surface area contributed by atoms with Crippen molar-refractivity contribution < 1.29 is 9.50 Å². The molecule has 0 spiro atoms. The number of thioether (sulfide) groups is 1. The maximum Gasteiger partial charge on any atom is 0.142 e. The second-order valence-corrected chi connectivity index (χ2v) is 4.66. The lowest BCUT2D eigenvalue weighted by molar-refractivity contribution is 0.284. The summed E-state index contributed by atoms with van der Waals surface area (Å²) in [5, 5.41) is 11.7. The first-order chi connectivity index (χ1) is 6.76. The lowest BCUT2D eigenvalue weighted by Crippen LogP contribution is -1.82. The van der Waals surface area contributed by atoms with Crippen LogP contribution in [-0.4, -0.2) is 11.4 Å². The van der Waals surface area contributed by atoms with E-state index in [1.54, 1.807) is 5.38 Å². The molecule has 0 aliphatic heterocycles. The summed E-state index contributed by atoms with van der Waals surface area (Å²) in [6, 6.07) is 3.45. The maximum atomic E-state index is 13.5. The van der Waals surface area contributed by atoms with Crippen molar-refractivity contribution in [3.63, 3.8) is 0 Å². The van der Waals surface area contributed by atoms with Crippen LogP contribution in [0.25, 0.3) is 10.1 Å². The molecule has 0 saturated heterocycles. The average molecular weight is 228 g/mol. The summed E-state index contributed by atoms with van der Waals surface area (Å²) in [5.74, 6) is -0.198. The van der Waals surface area contributed by atoms with Gasteiger partial charge in [-0.2, -0.15) is 0 Å². The molecule has 2 rings (SSSR count). The van der Waals surface area contributed by atoms with Crippen molar-refractivity contribution in [1.82, 2.24) is 0 Å². The summed E-state index contributed by atoms with van der Waals surface area (Å²) >= 11 is 2.84. The fourth-order valence-corrected chi connectivity index (χ4v) is 2.77. The molecule has 1 aromatic carbocycles. The molecule has 0 saturated carbocycles. The molecule has 0 fully saturated rings. The Morgan fingerprint density at radius 1 is 1.50 bits per heavy atom. The minimum Gasteiger partial charge on any atom is -0.392 e. The third-order valence-electron chi connectivity index (χ3n) is 2.09. The van der Waals surface area contributed by atoms with Gasteiger partial charge in [0.25, 0.3) is 0 Å². The van der Waals surface area contributed by atoms with Crippen LogP contribution in [0.15, 0.2) is 22.4 Å². The SMILES string of the molecule is CSc1cc(F)c2scc(CO)c2c1. The Kier molecular flexibility index (Phi) is 2.76. The highest BCUT2D eigenvalue weighted by atomic mass is 32.2. The van der Waals surface area contributed by atoms with Crippen LogP contribution in [0.5, 0.6) is 0 Å². The molecule has 0 amide bonds. The van der Waals surface area contributed by atoms with E-state index in [0.717, 1.165) is 15.8 Å². The van der Waals surface area contributed by atoms with Crippen molar-refractivity contribution in [3.8, 4) is 0 Å². The zero-order valence-corrected chi connectivity index (χ0v) is 9.21. The molecule has 74 valence electrons. The molecule has 0 radical (unpaired) electrons. The second kappa shape index (κ2) is 3.88. The monoisotopic (exact) mass is 228 g/mol. The number of rotatable bonds is 2. The molecule has 1 N–H and O–H groups in total. The lowest BCUT2D eigenvalue weighted by atomic mass is 10.2. The Bertz CT molecular complexity index is 464. The van der Waals surface area contributed by atoms with Gasteiger partial charge in [-0.15, -0.1) is 23.1 Å². The molecule has 0 aliphatic carbocycles. The quantitative estimate of drug-likeness (QED) is 0.796. The first kappa shape index (κ1) is 9.96. The van der Waals surface area contributed by atoms with Crippen molar-refractivity contribution in [2.45, 2.75) is 11.5 Å². The minimum atomic E-state index is -0.198. The van der Waals surface area contributed by atoms with Gasteiger partial charge in [0.15, 0.2) is 0 Å². The van der Waals surface area contributed by atoms with Crippen molar-refractivity contribution in [1.29, 1.82) is 0 Å². The number of fused-ring (bicyclic) bond motifs is 1. The Hall–Kier alpha value is -0.580. The molecule has 1 heterocycles. The van der Waals surface area contributed by atoms with Gasteiger partial charge < -0.3 is 5.11 Å². The number of thiophene rings is 1. The molecule has 4 heteroatoms. The maximum absolute atomic E-state index is 13.5. The molecule has 2 aromatic rings. The third kappa shape index (κ3) is 1.54. The van der Waals surface area contributed by atoms with Crippen molar-refractivity contribution in [3.05, 3.63) is 28.9 Å². The zero-order valence-electron chi connectivity index (χ0n) is 7.58. The van der Waals surface area contributed by atoms with E-state index in [-0.39, 0.29) is 12.4 Å². The van der Waals surface area contributed by atoms with Gasteiger partial charge in [0.1, 0.15) is 5.82 Å². The van der Waals surface area contributed by atoms with Crippen LogP contribution in [0.2, 0.25) is 0 Å². The Morgan fingerprint density at radius 2 is 2.29 bits per heavy atom. The molecule has 0 atom stereocenters. The Labute approximate surface area is 89.6 Å². The largest absolute Gasteiger partial charge is 0.392 e. The number of hydrogen-bond donors (Lipinski definition) is 1. The first-order valence-corrected chi connectivity index (χ1v) is 6.21. The molecule has 0 unspecified atom stereocenters. The minimum absolute atomic E-state index is 0.0305. The highest BCUT2D eigenvalue weighted by Gasteiger charge is 2.09. The standard InChI is InChI=1S/C10H9FOS2/c1-13-7-2-8-6(4-12)5-14-10(8)9(11)3-7/h2-3,5,12H,4H2,1H3. The van der Waals surface area contributed by atoms with Gasteiger partial charge in [0.05, 0.1) is 11.3 Å². The van der Waals surface area contributed by atoms with Crippen LogP contribution in [-0.2, 0) is 6.61 Å². The van der Waals surface area contributed by atoms with Crippen LogP contribution in [0, 0.1) is 5.82 Å². The predicted molar refractivity (Wildman–Crippen MR) is 59.5 cm³/mol. The van der Waals surface area contributed by atoms with Gasteiger partial charge in [-0.05, 0) is 29.3 Å². The second-order valence-electron chi connectivity index (χ2n) is 2.90. The summed E-state index contributed by atoms with van der Waals surface area (Å²) in [6.07, 6.45) is 1.91. The summed E-state index contributed by atoms with van der Waals surface area (Å²) in [7, 11) is 0. The molecule has 14 heavy (non-hydrogen) atoms. The first-order valence-electron chi connectivity index (χ1n) is 4.10. The smallest absolute Gasteiger partial charge is 0.142 e. The number of aliphatic hydroxyl groups is 1.